The van der Waals surface area contributed by atoms with Crippen LogP contribution in [0.2, 0.25) is 0 Å². The number of rotatable bonds is 5. The van der Waals surface area contributed by atoms with Gasteiger partial charge in [-0.3, -0.25) is 9.59 Å². The van der Waals surface area contributed by atoms with Gasteiger partial charge in [-0.2, -0.15) is 0 Å². The van der Waals surface area contributed by atoms with Crippen molar-refractivity contribution in [2.45, 2.75) is 18.4 Å². The summed E-state index contributed by atoms with van der Waals surface area (Å²) in [6, 6.07) is 0. The molecule has 0 amide bonds. The second kappa shape index (κ2) is 20.8. The van der Waals surface area contributed by atoms with E-state index in [1.165, 1.54) is 0 Å². The van der Waals surface area contributed by atoms with E-state index in [4.69, 9.17) is 54.7 Å². The molecule has 0 unspecified atom stereocenters. The van der Waals surface area contributed by atoms with E-state index >= 15 is 0 Å². The van der Waals surface area contributed by atoms with Gasteiger partial charge < -0.3 is 54.5 Å². The van der Waals surface area contributed by atoms with Gasteiger partial charge in [-0.15, -0.1) is 0 Å². The van der Waals surface area contributed by atoms with Gasteiger partial charge in [0, 0.05) is 0 Å². The summed E-state index contributed by atoms with van der Waals surface area (Å²) in [5.41, 5.74) is -2.74. The van der Waals surface area contributed by atoms with Crippen molar-refractivity contribution < 1.29 is 184 Å². The van der Waals surface area contributed by atoms with Crippen molar-refractivity contribution in [3.05, 3.63) is 0 Å². The normalized spacial score (nSPS) is 9.08. The summed E-state index contributed by atoms with van der Waals surface area (Å²) in [6.07, 6.45) is -2.29. The van der Waals surface area contributed by atoms with Crippen LogP contribution in [0.5, 0.6) is 0 Å². The molecule has 0 radical (unpaired) electrons. The first kappa shape index (κ1) is 41.4. The number of phosphoric acid groups is 1. The predicted molar refractivity (Wildman–Crippen MR) is 67.1 cm³/mol. The number of hydrogen-bond donors (Lipinski definition) is 10. The number of aliphatic hydroxyl groups is 1. The molecular formula is C6H17BKNa2O14P. The summed E-state index contributed by atoms with van der Waals surface area (Å²) in [4.78, 5) is 52.0. The van der Waals surface area contributed by atoms with Crippen LogP contribution in [0, 0.1) is 0 Å². The van der Waals surface area contributed by atoms with Crippen LogP contribution < -0.4 is 110 Å². The van der Waals surface area contributed by atoms with Gasteiger partial charge in [0.25, 0.3) is 0 Å². The van der Waals surface area contributed by atoms with Crippen LogP contribution in [0.25, 0.3) is 0 Å². The van der Waals surface area contributed by atoms with Gasteiger partial charge in [-0.1, -0.05) is 0 Å². The fraction of sp³-hybridized carbons (Fsp3) is 0.500. The van der Waals surface area contributed by atoms with Gasteiger partial charge in [0.1, 0.15) is 0 Å². The van der Waals surface area contributed by atoms with Gasteiger partial charge in [0.2, 0.25) is 0 Å². The summed E-state index contributed by atoms with van der Waals surface area (Å²) in [6.45, 7) is 0. The zero-order chi connectivity index (χ0) is 18.7. The zero-order valence-corrected chi connectivity index (χ0v) is 21.6. The van der Waals surface area contributed by atoms with Crippen LogP contribution in [0.4, 0.5) is 0 Å². The smallest absolute Gasteiger partial charge is 1.00 e. The zero-order valence-electron chi connectivity index (χ0n) is 16.5. The molecule has 0 atom stereocenters. The van der Waals surface area contributed by atoms with E-state index < -0.39 is 51.5 Å². The summed E-state index contributed by atoms with van der Waals surface area (Å²) in [5, 5.41) is 55.3. The molecular weight excluding hydrogens is 423 g/mol. The van der Waals surface area contributed by atoms with Crippen LogP contribution >= 0.6 is 7.82 Å². The Balaban J connectivity index is -0.0000000298. The molecule has 25 heavy (non-hydrogen) atoms. The third-order valence-electron chi connectivity index (χ3n) is 1.29. The van der Waals surface area contributed by atoms with Crippen molar-refractivity contribution in [3.8, 4) is 0 Å². The van der Waals surface area contributed by atoms with Gasteiger partial charge in [-0.05, 0) is 0 Å². The van der Waals surface area contributed by atoms with Crippen molar-refractivity contribution in [3.63, 3.8) is 0 Å². The van der Waals surface area contributed by atoms with E-state index in [0.29, 0.717) is 0 Å². The molecule has 0 spiro atoms. The molecule has 0 rings (SSSR count). The molecule has 19 heteroatoms. The molecule has 0 aromatic carbocycles. The van der Waals surface area contributed by atoms with E-state index in [-0.39, 0.29) is 115 Å². The fourth-order valence-corrected chi connectivity index (χ4v) is 0.714. The molecule has 0 heterocycles. The number of hydrogen-bond acceptors (Lipinski definition) is 8. The van der Waals surface area contributed by atoms with Crippen molar-refractivity contribution >= 4 is 33.1 Å². The monoisotopic (exact) mass is 440 g/mol. The van der Waals surface area contributed by atoms with Crippen molar-refractivity contribution in [2.24, 2.45) is 0 Å². The molecule has 0 aliphatic heterocycles. The van der Waals surface area contributed by atoms with Gasteiger partial charge in [-0.25, -0.2) is 9.36 Å². The summed E-state index contributed by atoms with van der Waals surface area (Å²) in [7, 11) is -6.81. The van der Waals surface area contributed by atoms with Crippen LogP contribution in [0.3, 0.4) is 0 Å². The Hall–Kier alpha value is 2.06. The van der Waals surface area contributed by atoms with Gasteiger partial charge >= 0.3 is 144 Å². The molecule has 0 saturated heterocycles. The molecule has 0 bridgehead atoms. The Labute approximate surface area is 232 Å². The maximum Gasteiger partial charge on any atom is 1.00 e. The Morgan fingerprint density at radius 2 is 1.04 bits per heavy atom. The Morgan fingerprint density at radius 1 is 0.880 bits per heavy atom. The standard InChI is InChI=1S/C6H8O7.BH3O3.K.2Na.H3O4P.3H/c7-3(8)1-6(13,5(11)12)2-4(9)10;2-1(3)4;;;;1-5(2,3)4;;;/h13H,1-2H2,(H,7,8)(H,9,10)(H,11,12);2-4H;;;;(H3,1,2,3,4);;;/q;;3*+1;;3*-1. The Morgan fingerprint density at radius 3 is 1.12 bits per heavy atom. The van der Waals surface area contributed by atoms with E-state index in [9.17, 15) is 14.4 Å². The minimum atomic E-state index is -4.64. The second-order valence-electron chi connectivity index (χ2n) is 3.34. The first-order valence-corrected chi connectivity index (χ1v) is 6.29. The number of aliphatic carboxylic acids is 3. The number of carboxylic acids is 3. The van der Waals surface area contributed by atoms with Crippen LogP contribution in [0.15, 0.2) is 0 Å². The molecule has 0 aliphatic rings. The molecule has 14 nitrogen and oxygen atoms in total. The van der Waals surface area contributed by atoms with E-state index in [0.717, 1.165) is 0 Å². The van der Waals surface area contributed by atoms with Crippen LogP contribution in [-0.4, -0.2) is 81.0 Å². The van der Waals surface area contributed by atoms with Gasteiger partial charge in [0.15, 0.2) is 5.60 Å². The minimum Gasteiger partial charge on any atom is -1.00 e. The fourth-order valence-electron chi connectivity index (χ4n) is 0.714. The molecule has 0 saturated carbocycles. The largest absolute Gasteiger partial charge is 1.00 e. The van der Waals surface area contributed by atoms with Crippen molar-refractivity contribution in [1.82, 2.24) is 0 Å². The number of carbonyl (C=O) groups is 3. The summed E-state index contributed by atoms with van der Waals surface area (Å²) in [5.74, 6) is -5.02. The summed E-state index contributed by atoms with van der Waals surface area (Å²) < 4.78 is 8.88. The maximum atomic E-state index is 10.3. The van der Waals surface area contributed by atoms with Gasteiger partial charge in [0.05, 0.1) is 12.8 Å². The van der Waals surface area contributed by atoms with E-state index in [1.807, 2.05) is 0 Å². The Kier molecular flexibility index (Phi) is 34.5. The molecule has 0 aromatic heterocycles. The first-order valence-electron chi connectivity index (χ1n) is 4.73. The Bertz CT molecular complexity index is 416. The van der Waals surface area contributed by atoms with Crippen molar-refractivity contribution in [1.29, 1.82) is 0 Å². The van der Waals surface area contributed by atoms with Crippen LogP contribution in [-0.2, 0) is 18.9 Å². The molecule has 0 fully saturated rings. The maximum absolute atomic E-state index is 10.3. The minimum absolute atomic E-state index is 0. The second-order valence-corrected chi connectivity index (χ2v) is 4.36. The quantitative estimate of drug-likeness (QED) is 0.140. The number of carboxylic acid groups (broad SMARTS) is 3. The average Bonchev–Trinajstić information content (AvgIpc) is 2.09. The molecule has 0 aliphatic carbocycles. The van der Waals surface area contributed by atoms with Crippen LogP contribution in [0.1, 0.15) is 17.1 Å². The topological polar surface area (TPSA) is 271 Å². The predicted octanol–water partition coefficient (Wildman–Crippen LogP) is -12.9. The SMILES string of the molecule is O=C(O)CC(O)(CC(=O)O)C(=O)O.O=P(O)(O)O.OB(O)O.[H-].[H-].[H-].[K+].[Na+].[Na+]. The average molecular weight is 440 g/mol. The van der Waals surface area contributed by atoms with Crippen molar-refractivity contribution in [2.75, 3.05) is 0 Å². The summed E-state index contributed by atoms with van der Waals surface area (Å²) >= 11 is 0. The van der Waals surface area contributed by atoms with E-state index in [1.54, 1.807) is 0 Å². The first-order chi connectivity index (χ1) is 9.51. The molecule has 136 valence electrons. The molecule has 10 N–H and O–H groups in total. The third kappa shape index (κ3) is 46.3. The molecule has 0 aromatic rings. The van der Waals surface area contributed by atoms with E-state index in [2.05, 4.69) is 0 Å². The third-order valence-corrected chi connectivity index (χ3v) is 1.29.